The van der Waals surface area contributed by atoms with Gasteiger partial charge in [0.2, 0.25) is 5.91 Å². The number of likely N-dealkylation sites (N-methyl/N-ethyl adjacent to an activating group) is 1. The van der Waals surface area contributed by atoms with Crippen LogP contribution in [0.15, 0.2) is 0 Å². The van der Waals surface area contributed by atoms with Gasteiger partial charge in [0.25, 0.3) is 0 Å². The molecule has 2 N–H and O–H groups in total. The summed E-state index contributed by atoms with van der Waals surface area (Å²) in [4.78, 5) is 10.9. The van der Waals surface area contributed by atoms with E-state index in [4.69, 9.17) is 0 Å². The highest BCUT2D eigenvalue weighted by Crippen LogP contribution is 2.42. The van der Waals surface area contributed by atoms with Crippen LogP contribution in [0.1, 0.15) is 32.6 Å². The minimum Gasteiger partial charge on any atom is -0.358 e. The zero-order chi connectivity index (χ0) is 9.73. The Kier molecular flexibility index (Phi) is 3.72. The Morgan fingerprint density at radius 3 is 2.54 bits per heavy atom. The van der Waals surface area contributed by atoms with Gasteiger partial charge in [-0.1, -0.05) is 13.3 Å². The van der Waals surface area contributed by atoms with E-state index in [1.807, 2.05) is 0 Å². The number of rotatable bonds is 5. The van der Waals surface area contributed by atoms with E-state index in [1.165, 1.54) is 25.7 Å². The SMILES string of the molecule is CCC1(CNCC(=O)NC)CCC1. The van der Waals surface area contributed by atoms with E-state index in [9.17, 15) is 4.79 Å². The van der Waals surface area contributed by atoms with Crippen molar-refractivity contribution in [1.29, 1.82) is 0 Å². The average Bonchev–Trinajstić information content (AvgIpc) is 2.09. The standard InChI is InChI=1S/C10H20N2O/c1-3-10(5-4-6-10)8-12-7-9(13)11-2/h12H,3-8H2,1-2H3,(H,11,13). The molecule has 76 valence electrons. The largest absolute Gasteiger partial charge is 0.358 e. The van der Waals surface area contributed by atoms with Crippen LogP contribution in [0.25, 0.3) is 0 Å². The van der Waals surface area contributed by atoms with Crippen LogP contribution in [-0.4, -0.2) is 26.0 Å². The Balaban J connectivity index is 2.14. The molecule has 1 aliphatic rings. The molecule has 3 nitrogen and oxygen atoms in total. The van der Waals surface area contributed by atoms with Crippen LogP contribution in [0.2, 0.25) is 0 Å². The highest BCUT2D eigenvalue weighted by Gasteiger charge is 2.34. The molecule has 0 aromatic heterocycles. The van der Waals surface area contributed by atoms with E-state index in [1.54, 1.807) is 7.05 Å². The summed E-state index contributed by atoms with van der Waals surface area (Å²) in [6, 6.07) is 0. The van der Waals surface area contributed by atoms with Gasteiger partial charge >= 0.3 is 0 Å². The normalized spacial score (nSPS) is 19.2. The lowest BCUT2D eigenvalue weighted by Crippen LogP contribution is -2.42. The van der Waals surface area contributed by atoms with Gasteiger partial charge in [-0.25, -0.2) is 0 Å². The zero-order valence-corrected chi connectivity index (χ0v) is 8.65. The lowest BCUT2D eigenvalue weighted by molar-refractivity contribution is -0.119. The second-order valence-electron chi connectivity index (χ2n) is 3.98. The summed E-state index contributed by atoms with van der Waals surface area (Å²) in [5.41, 5.74) is 0.508. The molecule has 0 spiro atoms. The van der Waals surface area contributed by atoms with Crippen LogP contribution in [-0.2, 0) is 4.79 Å². The number of hydrogen-bond acceptors (Lipinski definition) is 2. The summed E-state index contributed by atoms with van der Waals surface area (Å²) >= 11 is 0. The molecule has 13 heavy (non-hydrogen) atoms. The van der Waals surface area contributed by atoms with Crippen LogP contribution >= 0.6 is 0 Å². The van der Waals surface area contributed by atoms with Crippen LogP contribution in [0.5, 0.6) is 0 Å². The maximum Gasteiger partial charge on any atom is 0.233 e. The number of nitrogens with one attached hydrogen (secondary N) is 2. The topological polar surface area (TPSA) is 41.1 Å². The molecule has 1 rings (SSSR count). The van der Waals surface area contributed by atoms with Crippen LogP contribution in [0.3, 0.4) is 0 Å². The van der Waals surface area contributed by atoms with Gasteiger partial charge in [0.05, 0.1) is 6.54 Å². The summed E-state index contributed by atoms with van der Waals surface area (Å²) in [6.07, 6.45) is 5.23. The number of hydrogen-bond donors (Lipinski definition) is 2. The predicted molar refractivity (Wildman–Crippen MR) is 53.5 cm³/mol. The molecule has 0 aromatic rings. The van der Waals surface area contributed by atoms with Gasteiger partial charge in [0.1, 0.15) is 0 Å². The third-order valence-corrected chi connectivity index (χ3v) is 3.23. The maximum atomic E-state index is 10.9. The van der Waals surface area contributed by atoms with Crippen molar-refractivity contribution >= 4 is 5.91 Å². The molecule has 0 radical (unpaired) electrons. The first kappa shape index (κ1) is 10.5. The Morgan fingerprint density at radius 1 is 1.46 bits per heavy atom. The number of carbonyl (C=O) groups excluding carboxylic acids is 1. The fourth-order valence-corrected chi connectivity index (χ4v) is 1.86. The van der Waals surface area contributed by atoms with E-state index in [-0.39, 0.29) is 5.91 Å². The second-order valence-corrected chi connectivity index (χ2v) is 3.98. The van der Waals surface area contributed by atoms with Crippen molar-refractivity contribution < 1.29 is 4.79 Å². The molecular formula is C10H20N2O. The van der Waals surface area contributed by atoms with Crippen LogP contribution in [0.4, 0.5) is 0 Å². The van der Waals surface area contributed by atoms with E-state index in [0.29, 0.717) is 12.0 Å². The lowest BCUT2D eigenvalue weighted by atomic mass is 9.67. The number of amides is 1. The highest BCUT2D eigenvalue weighted by atomic mass is 16.1. The molecule has 1 amide bonds. The van der Waals surface area contributed by atoms with E-state index in [2.05, 4.69) is 17.6 Å². The Morgan fingerprint density at radius 2 is 2.15 bits per heavy atom. The molecule has 3 heteroatoms. The third-order valence-electron chi connectivity index (χ3n) is 3.23. The first-order chi connectivity index (χ1) is 6.22. The van der Waals surface area contributed by atoms with Crippen molar-refractivity contribution in [2.45, 2.75) is 32.6 Å². The first-order valence-corrected chi connectivity index (χ1v) is 5.14. The molecule has 1 aliphatic carbocycles. The summed E-state index contributed by atoms with van der Waals surface area (Å²) in [5.74, 6) is 0.0746. The molecule has 0 bridgehead atoms. The van der Waals surface area contributed by atoms with E-state index < -0.39 is 0 Å². The summed E-state index contributed by atoms with van der Waals surface area (Å²) in [6.45, 7) is 3.69. The van der Waals surface area contributed by atoms with E-state index in [0.717, 1.165) is 6.54 Å². The molecule has 0 unspecified atom stereocenters. The van der Waals surface area contributed by atoms with E-state index >= 15 is 0 Å². The number of carbonyl (C=O) groups is 1. The van der Waals surface area contributed by atoms with Crippen molar-refractivity contribution in [1.82, 2.24) is 10.6 Å². The molecule has 1 saturated carbocycles. The second kappa shape index (κ2) is 4.61. The quantitative estimate of drug-likeness (QED) is 0.666. The van der Waals surface area contributed by atoms with Crippen molar-refractivity contribution in [3.8, 4) is 0 Å². The minimum atomic E-state index is 0.0746. The van der Waals surface area contributed by atoms with Gasteiger partial charge in [-0.15, -0.1) is 0 Å². The lowest BCUT2D eigenvalue weighted by Gasteiger charge is -2.41. The smallest absolute Gasteiger partial charge is 0.233 e. The maximum absolute atomic E-state index is 10.9. The van der Waals surface area contributed by atoms with Crippen molar-refractivity contribution in [3.63, 3.8) is 0 Å². The minimum absolute atomic E-state index is 0.0746. The van der Waals surface area contributed by atoms with Crippen molar-refractivity contribution in [2.75, 3.05) is 20.1 Å². The average molecular weight is 184 g/mol. The van der Waals surface area contributed by atoms with Crippen LogP contribution < -0.4 is 10.6 Å². The fraction of sp³-hybridized carbons (Fsp3) is 0.900. The Labute approximate surface area is 80.3 Å². The predicted octanol–water partition coefficient (Wildman–Crippen LogP) is 0.902. The summed E-state index contributed by atoms with van der Waals surface area (Å²) in [7, 11) is 1.67. The van der Waals surface area contributed by atoms with Crippen molar-refractivity contribution in [2.24, 2.45) is 5.41 Å². The summed E-state index contributed by atoms with van der Waals surface area (Å²) < 4.78 is 0. The Bertz CT molecular complexity index is 170. The monoisotopic (exact) mass is 184 g/mol. The Hall–Kier alpha value is -0.570. The van der Waals surface area contributed by atoms with Crippen LogP contribution in [0, 0.1) is 5.41 Å². The van der Waals surface area contributed by atoms with Gasteiger partial charge in [-0.2, -0.15) is 0 Å². The van der Waals surface area contributed by atoms with Gasteiger partial charge in [0.15, 0.2) is 0 Å². The third kappa shape index (κ3) is 2.69. The fourth-order valence-electron chi connectivity index (χ4n) is 1.86. The van der Waals surface area contributed by atoms with Gasteiger partial charge in [0, 0.05) is 13.6 Å². The van der Waals surface area contributed by atoms with Gasteiger partial charge in [-0.3, -0.25) is 4.79 Å². The molecule has 1 fully saturated rings. The zero-order valence-electron chi connectivity index (χ0n) is 8.65. The van der Waals surface area contributed by atoms with Gasteiger partial charge in [-0.05, 0) is 24.7 Å². The summed E-state index contributed by atoms with van der Waals surface area (Å²) in [5, 5.41) is 5.82. The van der Waals surface area contributed by atoms with Gasteiger partial charge < -0.3 is 10.6 Å². The molecule has 0 aliphatic heterocycles. The molecule has 0 aromatic carbocycles. The molecular weight excluding hydrogens is 164 g/mol. The molecule has 0 heterocycles. The molecule has 0 saturated heterocycles. The first-order valence-electron chi connectivity index (χ1n) is 5.14. The van der Waals surface area contributed by atoms with Crippen molar-refractivity contribution in [3.05, 3.63) is 0 Å². The highest BCUT2D eigenvalue weighted by molar-refractivity contribution is 5.77. The molecule has 0 atom stereocenters.